The van der Waals surface area contributed by atoms with Crippen molar-refractivity contribution in [2.45, 2.75) is 45.3 Å². The van der Waals surface area contributed by atoms with Crippen LogP contribution in [-0.4, -0.2) is 11.2 Å². The fourth-order valence-electron chi connectivity index (χ4n) is 2.46. The van der Waals surface area contributed by atoms with E-state index >= 15 is 0 Å². The van der Waals surface area contributed by atoms with E-state index < -0.39 is 5.60 Å². The van der Waals surface area contributed by atoms with E-state index in [1.54, 1.807) is 0 Å². The van der Waals surface area contributed by atoms with E-state index in [1.807, 2.05) is 38.1 Å². The minimum atomic E-state index is -0.615. The van der Waals surface area contributed by atoms with Gasteiger partial charge in [0.2, 0.25) is 0 Å². The molecule has 0 unspecified atom stereocenters. The van der Waals surface area contributed by atoms with Crippen LogP contribution in [0.15, 0.2) is 24.3 Å². The first-order valence-corrected chi connectivity index (χ1v) is 5.99. The van der Waals surface area contributed by atoms with Crippen LogP contribution < -0.4 is 4.74 Å². The van der Waals surface area contributed by atoms with Gasteiger partial charge in [-0.15, -0.1) is 0 Å². The Kier molecular flexibility index (Phi) is 2.94. The summed E-state index contributed by atoms with van der Waals surface area (Å²) < 4.78 is 5.63. The van der Waals surface area contributed by atoms with E-state index in [0.717, 1.165) is 24.2 Å². The van der Waals surface area contributed by atoms with Gasteiger partial charge in [-0.25, -0.2) is 0 Å². The summed E-state index contributed by atoms with van der Waals surface area (Å²) in [5.74, 6) is 1.47. The van der Waals surface area contributed by atoms with Crippen molar-refractivity contribution in [1.29, 1.82) is 0 Å². The van der Waals surface area contributed by atoms with Crippen LogP contribution in [0.3, 0.4) is 0 Å². The molecule has 2 rings (SSSR count). The van der Waals surface area contributed by atoms with E-state index in [1.165, 1.54) is 0 Å². The molecular weight excluding hydrogens is 200 g/mol. The van der Waals surface area contributed by atoms with Crippen molar-refractivity contribution in [1.82, 2.24) is 0 Å². The Morgan fingerprint density at radius 3 is 2.62 bits per heavy atom. The number of benzene rings is 1. The Balaban J connectivity index is 2.16. The van der Waals surface area contributed by atoms with Crippen LogP contribution >= 0.6 is 0 Å². The smallest absolute Gasteiger partial charge is 0.120 e. The SMILES string of the molecule is CC1CC(O)(c2cccc(OC(C)C)c2)C1. The van der Waals surface area contributed by atoms with E-state index in [9.17, 15) is 5.11 Å². The van der Waals surface area contributed by atoms with E-state index in [4.69, 9.17) is 4.74 Å². The summed E-state index contributed by atoms with van der Waals surface area (Å²) in [4.78, 5) is 0. The van der Waals surface area contributed by atoms with Crippen LogP contribution in [0.2, 0.25) is 0 Å². The molecule has 0 atom stereocenters. The second kappa shape index (κ2) is 4.10. The van der Waals surface area contributed by atoms with Gasteiger partial charge in [-0.1, -0.05) is 19.1 Å². The van der Waals surface area contributed by atoms with Crippen molar-refractivity contribution in [3.8, 4) is 5.75 Å². The highest BCUT2D eigenvalue weighted by Gasteiger charge is 2.41. The number of aliphatic hydroxyl groups is 1. The van der Waals surface area contributed by atoms with E-state index in [0.29, 0.717) is 5.92 Å². The third kappa shape index (κ3) is 2.22. The highest BCUT2D eigenvalue weighted by atomic mass is 16.5. The van der Waals surface area contributed by atoms with Crippen LogP contribution in [0, 0.1) is 5.92 Å². The Labute approximate surface area is 97.3 Å². The van der Waals surface area contributed by atoms with Gasteiger partial charge in [0, 0.05) is 0 Å². The fourth-order valence-corrected chi connectivity index (χ4v) is 2.46. The summed E-state index contributed by atoms with van der Waals surface area (Å²) in [6, 6.07) is 7.84. The molecule has 0 amide bonds. The molecule has 0 aromatic heterocycles. The third-order valence-corrected chi connectivity index (χ3v) is 3.12. The summed E-state index contributed by atoms with van der Waals surface area (Å²) in [5.41, 5.74) is 0.374. The first kappa shape index (κ1) is 11.5. The second-order valence-corrected chi connectivity index (χ2v) is 5.24. The molecule has 0 heterocycles. The molecule has 0 radical (unpaired) electrons. The molecular formula is C14H20O2. The molecule has 2 heteroatoms. The first-order valence-electron chi connectivity index (χ1n) is 5.99. The molecule has 0 bridgehead atoms. The van der Waals surface area contributed by atoms with E-state index in [2.05, 4.69) is 6.92 Å². The number of ether oxygens (including phenoxy) is 1. The summed E-state index contributed by atoms with van der Waals surface area (Å²) in [6.45, 7) is 6.18. The zero-order chi connectivity index (χ0) is 11.8. The molecule has 1 aliphatic carbocycles. The van der Waals surface area contributed by atoms with Crippen molar-refractivity contribution in [2.75, 3.05) is 0 Å². The molecule has 0 spiro atoms. The molecule has 1 aliphatic rings. The molecule has 2 nitrogen and oxygen atoms in total. The minimum Gasteiger partial charge on any atom is -0.491 e. The van der Waals surface area contributed by atoms with Crippen LogP contribution in [0.5, 0.6) is 5.75 Å². The summed E-state index contributed by atoms with van der Waals surface area (Å²) in [6.07, 6.45) is 1.89. The van der Waals surface area contributed by atoms with Crippen molar-refractivity contribution < 1.29 is 9.84 Å². The predicted molar refractivity (Wildman–Crippen MR) is 64.5 cm³/mol. The fraction of sp³-hybridized carbons (Fsp3) is 0.571. The maximum absolute atomic E-state index is 10.4. The van der Waals surface area contributed by atoms with Gasteiger partial charge >= 0.3 is 0 Å². The first-order chi connectivity index (χ1) is 7.49. The topological polar surface area (TPSA) is 29.5 Å². The van der Waals surface area contributed by atoms with Crippen molar-refractivity contribution in [3.63, 3.8) is 0 Å². The highest BCUT2D eigenvalue weighted by Crippen LogP contribution is 2.45. The molecule has 1 saturated carbocycles. The summed E-state index contributed by atoms with van der Waals surface area (Å²) in [7, 11) is 0. The van der Waals surface area contributed by atoms with Gasteiger partial charge < -0.3 is 9.84 Å². The van der Waals surface area contributed by atoms with Gasteiger partial charge in [0.05, 0.1) is 11.7 Å². The Hall–Kier alpha value is -1.02. The Bertz CT molecular complexity index is 365. The molecule has 1 aromatic carbocycles. The quantitative estimate of drug-likeness (QED) is 0.848. The lowest BCUT2D eigenvalue weighted by Crippen LogP contribution is -2.39. The molecule has 0 saturated heterocycles. The zero-order valence-electron chi connectivity index (χ0n) is 10.2. The maximum Gasteiger partial charge on any atom is 0.120 e. The zero-order valence-corrected chi connectivity index (χ0v) is 10.2. The minimum absolute atomic E-state index is 0.171. The lowest BCUT2D eigenvalue weighted by Gasteiger charge is -2.42. The molecule has 0 aliphatic heterocycles. The van der Waals surface area contributed by atoms with Crippen molar-refractivity contribution >= 4 is 0 Å². The third-order valence-electron chi connectivity index (χ3n) is 3.12. The average molecular weight is 220 g/mol. The standard InChI is InChI=1S/C14H20O2/c1-10(2)16-13-6-4-5-12(7-13)14(15)8-11(3)9-14/h4-7,10-11,15H,8-9H2,1-3H3. The van der Waals surface area contributed by atoms with Gasteiger partial charge in [-0.2, -0.15) is 0 Å². The number of rotatable bonds is 3. The van der Waals surface area contributed by atoms with Gasteiger partial charge in [-0.3, -0.25) is 0 Å². The lowest BCUT2D eigenvalue weighted by molar-refractivity contribution is -0.0740. The van der Waals surface area contributed by atoms with Crippen LogP contribution in [0.4, 0.5) is 0 Å². The van der Waals surface area contributed by atoms with Gasteiger partial charge in [0.15, 0.2) is 0 Å². The molecule has 16 heavy (non-hydrogen) atoms. The Morgan fingerprint density at radius 1 is 1.38 bits per heavy atom. The summed E-state index contributed by atoms with van der Waals surface area (Å²) >= 11 is 0. The molecule has 1 N–H and O–H groups in total. The van der Waals surface area contributed by atoms with Gasteiger partial charge in [0.1, 0.15) is 5.75 Å². The van der Waals surface area contributed by atoms with E-state index in [-0.39, 0.29) is 6.10 Å². The number of hydrogen-bond acceptors (Lipinski definition) is 2. The van der Waals surface area contributed by atoms with Crippen LogP contribution in [0.1, 0.15) is 39.2 Å². The monoisotopic (exact) mass is 220 g/mol. The molecule has 88 valence electrons. The second-order valence-electron chi connectivity index (χ2n) is 5.24. The van der Waals surface area contributed by atoms with Gasteiger partial charge in [0.25, 0.3) is 0 Å². The Morgan fingerprint density at radius 2 is 2.06 bits per heavy atom. The van der Waals surface area contributed by atoms with Crippen LogP contribution in [-0.2, 0) is 5.60 Å². The summed E-state index contributed by atoms with van der Waals surface area (Å²) in [5, 5.41) is 10.4. The van der Waals surface area contributed by atoms with Crippen LogP contribution in [0.25, 0.3) is 0 Å². The molecule has 1 fully saturated rings. The maximum atomic E-state index is 10.4. The predicted octanol–water partition coefficient (Wildman–Crippen LogP) is 3.09. The van der Waals surface area contributed by atoms with Gasteiger partial charge in [-0.05, 0) is 50.3 Å². The molecule has 1 aromatic rings. The van der Waals surface area contributed by atoms with Crippen molar-refractivity contribution in [3.05, 3.63) is 29.8 Å². The lowest BCUT2D eigenvalue weighted by atomic mass is 9.68. The highest BCUT2D eigenvalue weighted by molar-refractivity contribution is 5.34. The normalized spacial score (nSPS) is 28.9. The number of hydrogen-bond donors (Lipinski definition) is 1. The average Bonchev–Trinajstić information content (AvgIpc) is 2.15. The largest absolute Gasteiger partial charge is 0.491 e. The van der Waals surface area contributed by atoms with Crippen molar-refractivity contribution in [2.24, 2.45) is 5.92 Å².